The SMILES string of the molecule is COc1cc(NC(C)CCCNC(=O)CCC(=O)NCCCNCCCCCCCCNCCCNC(=O)CCC(=O)NCCCC(C)Nc2cc(OC)cc3cccnc23)c2ncccc2c1. The number of nitrogens with zero attached hydrogens (tertiary/aromatic N) is 2. The quantitative estimate of drug-likeness (QED) is 0.0216. The molecule has 0 aliphatic heterocycles. The molecule has 0 radical (unpaired) electrons. The van der Waals surface area contributed by atoms with Crippen LogP contribution in [0.1, 0.15) is 117 Å². The number of hydrogen-bond donors (Lipinski definition) is 8. The van der Waals surface area contributed by atoms with E-state index in [4.69, 9.17) is 9.47 Å². The summed E-state index contributed by atoms with van der Waals surface area (Å²) in [4.78, 5) is 58.1. The molecule has 0 saturated carbocycles. The van der Waals surface area contributed by atoms with E-state index in [1.807, 2.05) is 48.5 Å². The summed E-state index contributed by atoms with van der Waals surface area (Å²) < 4.78 is 10.9. The Hall–Kier alpha value is -5.74. The van der Waals surface area contributed by atoms with Gasteiger partial charge in [-0.05, 0) is 116 Å². The van der Waals surface area contributed by atoms with E-state index in [1.54, 1.807) is 26.6 Å². The number of benzene rings is 2. The van der Waals surface area contributed by atoms with Gasteiger partial charge in [0.15, 0.2) is 0 Å². The summed E-state index contributed by atoms with van der Waals surface area (Å²) in [6, 6.07) is 16.1. The highest BCUT2D eigenvalue weighted by Crippen LogP contribution is 2.30. The second kappa shape index (κ2) is 32.9. The van der Waals surface area contributed by atoms with Crippen molar-refractivity contribution in [1.82, 2.24) is 41.9 Å². The van der Waals surface area contributed by atoms with E-state index in [2.05, 4.69) is 66.3 Å². The minimum atomic E-state index is -0.102. The number of aromatic nitrogens is 2. The molecule has 2 unspecified atom stereocenters. The van der Waals surface area contributed by atoms with Gasteiger partial charge in [0.05, 0.1) is 36.6 Å². The molecule has 4 amide bonds. The van der Waals surface area contributed by atoms with Crippen LogP contribution in [0.3, 0.4) is 0 Å². The summed E-state index contributed by atoms with van der Waals surface area (Å²) in [5, 5.41) is 27.7. The lowest BCUT2D eigenvalue weighted by Crippen LogP contribution is -2.30. The van der Waals surface area contributed by atoms with Crippen molar-refractivity contribution in [2.45, 2.75) is 129 Å². The minimum Gasteiger partial charge on any atom is -0.497 e. The smallest absolute Gasteiger partial charge is 0.220 e. The third kappa shape index (κ3) is 22.4. The molecule has 0 aliphatic rings. The summed E-state index contributed by atoms with van der Waals surface area (Å²) in [5.41, 5.74) is 3.65. The van der Waals surface area contributed by atoms with Crippen molar-refractivity contribution in [2.24, 2.45) is 0 Å². The average molecular weight is 941 g/mol. The lowest BCUT2D eigenvalue weighted by atomic mass is 10.1. The Kier molecular flexibility index (Phi) is 26.5. The van der Waals surface area contributed by atoms with Gasteiger partial charge in [0.2, 0.25) is 23.6 Å². The van der Waals surface area contributed by atoms with E-state index >= 15 is 0 Å². The highest BCUT2D eigenvalue weighted by Gasteiger charge is 2.13. The zero-order valence-electron chi connectivity index (χ0n) is 41.2. The van der Waals surface area contributed by atoms with Gasteiger partial charge >= 0.3 is 0 Å². The van der Waals surface area contributed by atoms with Crippen LogP contribution in [-0.4, -0.2) is 112 Å². The maximum Gasteiger partial charge on any atom is 0.220 e. The predicted molar refractivity (Wildman–Crippen MR) is 274 cm³/mol. The Labute approximate surface area is 404 Å². The molecule has 8 N–H and O–H groups in total. The van der Waals surface area contributed by atoms with E-state index < -0.39 is 0 Å². The first-order valence-corrected chi connectivity index (χ1v) is 25.0. The number of anilines is 2. The number of fused-ring (bicyclic) bond motifs is 2. The van der Waals surface area contributed by atoms with Gasteiger partial charge in [-0.2, -0.15) is 0 Å². The molecule has 4 rings (SSSR count). The molecule has 2 aromatic heterocycles. The minimum absolute atomic E-state index is 0.0909. The van der Waals surface area contributed by atoms with Crippen molar-refractivity contribution in [2.75, 3.05) is 77.2 Å². The summed E-state index contributed by atoms with van der Waals surface area (Å²) in [6.45, 7) is 10.2. The van der Waals surface area contributed by atoms with E-state index in [0.29, 0.717) is 26.2 Å². The maximum atomic E-state index is 12.3. The van der Waals surface area contributed by atoms with Crippen LogP contribution in [0.4, 0.5) is 11.4 Å². The van der Waals surface area contributed by atoms with Crippen molar-refractivity contribution in [1.29, 1.82) is 0 Å². The Bertz CT molecular complexity index is 1960. The number of hydrogen-bond acceptors (Lipinski definition) is 12. The number of nitrogens with one attached hydrogen (secondary N) is 8. The molecule has 0 aliphatic carbocycles. The fourth-order valence-corrected chi connectivity index (χ4v) is 7.88. The van der Waals surface area contributed by atoms with Gasteiger partial charge in [0.25, 0.3) is 0 Å². The lowest BCUT2D eigenvalue weighted by Gasteiger charge is -2.17. The summed E-state index contributed by atoms with van der Waals surface area (Å²) in [7, 11) is 3.31. The van der Waals surface area contributed by atoms with Crippen molar-refractivity contribution in [3.63, 3.8) is 0 Å². The third-order valence-corrected chi connectivity index (χ3v) is 11.7. The Morgan fingerprint density at radius 2 is 0.824 bits per heavy atom. The standard InChI is InChI=1S/C52H80N10O6/c1-39(61-45-37-43(67-3)35-41-19-13-31-59-51(41)45)17-11-29-55-47(63)21-23-49(65)57-33-15-27-53-25-9-7-5-6-8-10-26-54-28-16-34-58-50(66)24-22-48(64)56-30-12-18-40(2)62-46-38-44(68-4)36-42-20-14-32-60-52(42)46/h13-14,19-20,31-32,35-40,53-54,61-62H,5-12,15-18,21-30,33-34H2,1-4H3,(H,55,63)(H,56,64)(H,57,65)(H,58,66). The highest BCUT2D eigenvalue weighted by atomic mass is 16.5. The Morgan fingerprint density at radius 1 is 0.471 bits per heavy atom. The zero-order chi connectivity index (χ0) is 48.6. The van der Waals surface area contributed by atoms with Crippen molar-refractivity contribution in [3.05, 3.63) is 60.9 Å². The molecule has 0 fully saturated rings. The Morgan fingerprint density at radius 3 is 1.21 bits per heavy atom. The Balaban J connectivity index is 0.844. The molecule has 2 aromatic carbocycles. The fraction of sp³-hybridized carbons (Fsp3) is 0.577. The number of carbonyl (C=O) groups excluding carboxylic acids is 4. The second-order valence-corrected chi connectivity index (χ2v) is 17.6. The topological polar surface area (TPSA) is 209 Å². The van der Waals surface area contributed by atoms with Crippen LogP contribution >= 0.6 is 0 Å². The molecule has 0 spiro atoms. The first-order valence-electron chi connectivity index (χ1n) is 25.0. The molecular weight excluding hydrogens is 861 g/mol. The van der Waals surface area contributed by atoms with Gasteiger partial charge in [-0.1, -0.05) is 37.8 Å². The second-order valence-electron chi connectivity index (χ2n) is 17.6. The molecular formula is C52H80N10O6. The molecule has 68 heavy (non-hydrogen) atoms. The van der Waals surface area contributed by atoms with Crippen LogP contribution < -0.4 is 52.0 Å². The average Bonchev–Trinajstić information content (AvgIpc) is 3.34. The van der Waals surface area contributed by atoms with Crippen LogP contribution in [0.5, 0.6) is 11.5 Å². The molecule has 0 bridgehead atoms. The van der Waals surface area contributed by atoms with Crippen LogP contribution in [0, 0.1) is 0 Å². The molecule has 2 atom stereocenters. The van der Waals surface area contributed by atoms with Crippen LogP contribution in [-0.2, 0) is 19.2 Å². The highest BCUT2D eigenvalue weighted by molar-refractivity contribution is 5.93. The van der Waals surface area contributed by atoms with Gasteiger partial charge in [0.1, 0.15) is 11.5 Å². The zero-order valence-corrected chi connectivity index (χ0v) is 41.2. The van der Waals surface area contributed by atoms with E-state index in [1.165, 1.54) is 25.7 Å². The van der Waals surface area contributed by atoms with E-state index in [-0.39, 0.29) is 61.4 Å². The molecule has 4 aromatic rings. The number of unbranched alkanes of at least 4 members (excludes halogenated alkanes) is 5. The largest absolute Gasteiger partial charge is 0.497 e. The van der Waals surface area contributed by atoms with Gasteiger partial charge in [0, 0.05) is 99.2 Å². The number of methoxy groups -OCH3 is 2. The van der Waals surface area contributed by atoms with E-state index in [9.17, 15) is 19.2 Å². The molecule has 0 saturated heterocycles. The predicted octanol–water partition coefficient (Wildman–Crippen LogP) is 6.99. The van der Waals surface area contributed by atoms with Gasteiger partial charge in [-0.15, -0.1) is 0 Å². The first-order chi connectivity index (χ1) is 33.1. The van der Waals surface area contributed by atoms with Crippen molar-refractivity contribution < 1.29 is 28.7 Å². The normalized spacial score (nSPS) is 12.0. The third-order valence-electron chi connectivity index (χ3n) is 11.7. The molecule has 16 nitrogen and oxygen atoms in total. The number of carbonyl (C=O) groups is 4. The van der Waals surface area contributed by atoms with Crippen LogP contribution in [0.2, 0.25) is 0 Å². The summed E-state index contributed by atoms with van der Waals surface area (Å²) in [5.74, 6) is 1.17. The number of amides is 4. The monoisotopic (exact) mass is 941 g/mol. The van der Waals surface area contributed by atoms with Crippen LogP contribution in [0.25, 0.3) is 21.8 Å². The summed E-state index contributed by atoms with van der Waals surface area (Å²) in [6.07, 6.45) is 16.5. The molecule has 16 heteroatoms. The molecule has 374 valence electrons. The van der Waals surface area contributed by atoms with Gasteiger partial charge < -0.3 is 52.0 Å². The maximum absolute atomic E-state index is 12.3. The van der Waals surface area contributed by atoms with Gasteiger partial charge in [-0.25, -0.2) is 0 Å². The van der Waals surface area contributed by atoms with E-state index in [0.717, 1.165) is 122 Å². The van der Waals surface area contributed by atoms with Gasteiger partial charge in [-0.3, -0.25) is 29.1 Å². The fourth-order valence-electron chi connectivity index (χ4n) is 7.88. The van der Waals surface area contributed by atoms with Crippen LogP contribution in [0.15, 0.2) is 60.9 Å². The summed E-state index contributed by atoms with van der Waals surface area (Å²) >= 11 is 0. The molecule has 2 heterocycles. The van der Waals surface area contributed by atoms with Crippen molar-refractivity contribution >= 4 is 56.8 Å². The first kappa shape index (κ1) is 54.9. The van der Waals surface area contributed by atoms with Crippen molar-refractivity contribution in [3.8, 4) is 11.5 Å². The number of pyridine rings is 2. The lowest BCUT2D eigenvalue weighted by molar-refractivity contribution is -0.126. The number of rotatable bonds is 37. The number of ether oxygens (including phenoxy) is 2.